The number of benzene rings is 2. The van der Waals surface area contributed by atoms with Gasteiger partial charge in [-0.1, -0.05) is 6.07 Å². The number of β-amino-alcohol motifs (C(OH)–C–C–N with tert-alkyl or cyclic N) is 1. The van der Waals surface area contributed by atoms with Gasteiger partial charge in [-0.2, -0.15) is 4.98 Å². The normalized spacial score (nSPS) is 16.8. The summed E-state index contributed by atoms with van der Waals surface area (Å²) in [7, 11) is 0. The summed E-state index contributed by atoms with van der Waals surface area (Å²) in [4.78, 5) is 8.63. The molecule has 1 aliphatic rings. The molecule has 7 heteroatoms. The van der Waals surface area contributed by atoms with Crippen LogP contribution in [-0.2, 0) is 0 Å². The number of rotatable bonds is 4. The summed E-state index contributed by atoms with van der Waals surface area (Å²) in [5.74, 6) is -1.15. The van der Waals surface area contributed by atoms with E-state index >= 15 is 0 Å². The minimum atomic E-state index is -1.07. The molecule has 0 aliphatic carbocycles. The molecule has 2 aromatic carbocycles. The van der Waals surface area contributed by atoms with E-state index in [1.54, 1.807) is 0 Å². The molecular weight excluding hydrogens is 352 g/mol. The zero-order valence-corrected chi connectivity index (χ0v) is 15.0. The Morgan fingerprint density at radius 3 is 2.67 bits per heavy atom. The van der Waals surface area contributed by atoms with Gasteiger partial charge in [-0.25, -0.2) is 8.78 Å². The van der Waals surface area contributed by atoms with Gasteiger partial charge in [0.2, 0.25) is 0 Å². The minimum absolute atomic E-state index is 0.00764. The third kappa shape index (κ3) is 3.79. The summed E-state index contributed by atoms with van der Waals surface area (Å²) in [5.41, 5.74) is 2.72. The average molecular weight is 373 g/mol. The van der Waals surface area contributed by atoms with E-state index in [9.17, 15) is 13.9 Å². The maximum absolute atomic E-state index is 13.8. The standard InChI is InChI=1S/C20H21F2N3O2/c1-13-2-5-19-17(10-13)23-20(27-19)25-8-6-24(7-9-25)12-18(26)15-11-14(21)3-4-16(15)22/h2-5,10-11,18,26H,6-9,12H2,1H3. The second-order valence-corrected chi connectivity index (χ2v) is 6.94. The number of aliphatic hydroxyl groups is 1. The zero-order chi connectivity index (χ0) is 19.0. The van der Waals surface area contributed by atoms with E-state index in [1.165, 1.54) is 0 Å². The van der Waals surface area contributed by atoms with Gasteiger partial charge in [-0.05, 0) is 42.8 Å². The van der Waals surface area contributed by atoms with E-state index in [4.69, 9.17) is 4.42 Å². The van der Waals surface area contributed by atoms with Crippen molar-refractivity contribution in [1.82, 2.24) is 9.88 Å². The van der Waals surface area contributed by atoms with Gasteiger partial charge >= 0.3 is 0 Å². The van der Waals surface area contributed by atoms with Gasteiger partial charge < -0.3 is 14.4 Å². The van der Waals surface area contributed by atoms with Crippen molar-refractivity contribution in [3.05, 3.63) is 59.2 Å². The summed E-state index contributed by atoms with van der Waals surface area (Å²) in [6.45, 7) is 4.98. The second-order valence-electron chi connectivity index (χ2n) is 6.94. The number of fused-ring (bicyclic) bond motifs is 1. The van der Waals surface area contributed by atoms with Crippen LogP contribution in [0.15, 0.2) is 40.8 Å². The monoisotopic (exact) mass is 373 g/mol. The van der Waals surface area contributed by atoms with Gasteiger partial charge in [0.25, 0.3) is 6.01 Å². The van der Waals surface area contributed by atoms with Crippen LogP contribution in [0, 0.1) is 18.6 Å². The Labute approximate surface area is 155 Å². The lowest BCUT2D eigenvalue weighted by molar-refractivity contribution is 0.106. The highest BCUT2D eigenvalue weighted by Crippen LogP contribution is 2.25. The molecule has 3 aromatic rings. The molecule has 1 unspecified atom stereocenters. The third-order valence-corrected chi connectivity index (χ3v) is 4.92. The van der Waals surface area contributed by atoms with E-state index in [0.29, 0.717) is 32.2 Å². The van der Waals surface area contributed by atoms with Crippen molar-refractivity contribution in [1.29, 1.82) is 0 Å². The zero-order valence-electron chi connectivity index (χ0n) is 15.0. The molecule has 0 spiro atoms. The SMILES string of the molecule is Cc1ccc2oc(N3CCN(CC(O)c4cc(F)ccc4F)CC3)nc2c1. The highest BCUT2D eigenvalue weighted by Gasteiger charge is 2.24. The Hall–Kier alpha value is -2.51. The molecule has 0 bridgehead atoms. The van der Waals surface area contributed by atoms with Crippen LogP contribution in [0.5, 0.6) is 0 Å². The Morgan fingerprint density at radius 1 is 1.11 bits per heavy atom. The summed E-state index contributed by atoms with van der Waals surface area (Å²) in [6, 6.07) is 9.63. The van der Waals surface area contributed by atoms with Crippen LogP contribution in [0.2, 0.25) is 0 Å². The first kappa shape index (κ1) is 17.9. The Balaban J connectivity index is 1.38. The van der Waals surface area contributed by atoms with Crippen LogP contribution >= 0.6 is 0 Å². The number of oxazole rings is 1. The fourth-order valence-electron chi connectivity index (χ4n) is 3.40. The number of anilines is 1. The van der Waals surface area contributed by atoms with Crippen LogP contribution < -0.4 is 4.90 Å². The van der Waals surface area contributed by atoms with Crippen molar-refractivity contribution in [2.45, 2.75) is 13.0 Å². The molecule has 5 nitrogen and oxygen atoms in total. The van der Waals surface area contributed by atoms with Crippen molar-refractivity contribution in [2.75, 3.05) is 37.6 Å². The first-order chi connectivity index (χ1) is 13.0. The molecule has 1 fully saturated rings. The van der Waals surface area contributed by atoms with Gasteiger partial charge in [0.15, 0.2) is 5.58 Å². The average Bonchev–Trinajstić information content (AvgIpc) is 3.07. The van der Waals surface area contributed by atoms with Gasteiger partial charge in [-0.3, -0.25) is 4.90 Å². The first-order valence-corrected chi connectivity index (χ1v) is 8.97. The van der Waals surface area contributed by atoms with Crippen molar-refractivity contribution >= 4 is 17.1 Å². The van der Waals surface area contributed by atoms with Crippen LogP contribution in [0.1, 0.15) is 17.2 Å². The van der Waals surface area contributed by atoms with Crippen LogP contribution in [0.25, 0.3) is 11.1 Å². The topological polar surface area (TPSA) is 52.7 Å². The van der Waals surface area contributed by atoms with Crippen molar-refractivity contribution in [2.24, 2.45) is 0 Å². The number of hydrogen-bond acceptors (Lipinski definition) is 5. The lowest BCUT2D eigenvalue weighted by Crippen LogP contribution is -2.47. The molecule has 1 saturated heterocycles. The predicted octanol–water partition coefficient (Wildman–Crippen LogP) is 3.27. The Bertz CT molecular complexity index is 952. The molecule has 0 radical (unpaired) electrons. The van der Waals surface area contributed by atoms with E-state index in [1.807, 2.05) is 30.0 Å². The van der Waals surface area contributed by atoms with Gasteiger partial charge in [-0.15, -0.1) is 0 Å². The molecule has 0 amide bonds. The van der Waals surface area contributed by atoms with Gasteiger partial charge in [0.05, 0.1) is 6.10 Å². The molecule has 2 heterocycles. The molecule has 1 aromatic heterocycles. The molecule has 1 aliphatic heterocycles. The Kier molecular flexibility index (Phi) is 4.80. The number of aliphatic hydroxyl groups excluding tert-OH is 1. The highest BCUT2D eigenvalue weighted by atomic mass is 19.1. The van der Waals surface area contributed by atoms with Crippen molar-refractivity contribution in [3.8, 4) is 0 Å². The van der Waals surface area contributed by atoms with Crippen LogP contribution in [0.3, 0.4) is 0 Å². The number of nitrogens with zero attached hydrogens (tertiary/aromatic N) is 3. The summed E-state index contributed by atoms with van der Waals surface area (Å²) >= 11 is 0. The van der Waals surface area contributed by atoms with Gasteiger partial charge in [0.1, 0.15) is 17.2 Å². The van der Waals surface area contributed by atoms with E-state index in [-0.39, 0.29) is 12.1 Å². The van der Waals surface area contributed by atoms with Crippen LogP contribution in [0.4, 0.5) is 14.8 Å². The number of hydrogen-bond donors (Lipinski definition) is 1. The van der Waals surface area contributed by atoms with Crippen molar-refractivity contribution < 1.29 is 18.3 Å². The van der Waals surface area contributed by atoms with E-state index in [0.717, 1.165) is 34.9 Å². The van der Waals surface area contributed by atoms with Gasteiger partial charge in [0, 0.05) is 38.3 Å². The summed E-state index contributed by atoms with van der Waals surface area (Å²) in [6.07, 6.45) is -1.07. The molecule has 142 valence electrons. The quantitative estimate of drug-likeness (QED) is 0.761. The van der Waals surface area contributed by atoms with Crippen molar-refractivity contribution in [3.63, 3.8) is 0 Å². The summed E-state index contributed by atoms with van der Waals surface area (Å²) in [5, 5.41) is 10.3. The fourth-order valence-corrected chi connectivity index (χ4v) is 3.40. The Morgan fingerprint density at radius 2 is 1.89 bits per heavy atom. The van der Waals surface area contributed by atoms with Crippen LogP contribution in [-0.4, -0.2) is 47.7 Å². The number of halogens is 2. The predicted molar refractivity (Wildman–Crippen MR) is 98.7 cm³/mol. The lowest BCUT2D eigenvalue weighted by Gasteiger charge is -2.34. The fraction of sp³-hybridized carbons (Fsp3) is 0.350. The number of aryl methyl sites for hydroxylation is 1. The number of aromatic nitrogens is 1. The maximum atomic E-state index is 13.8. The molecule has 0 saturated carbocycles. The van der Waals surface area contributed by atoms with E-state index < -0.39 is 17.7 Å². The summed E-state index contributed by atoms with van der Waals surface area (Å²) < 4.78 is 33.0. The largest absolute Gasteiger partial charge is 0.423 e. The molecule has 27 heavy (non-hydrogen) atoms. The molecule has 4 rings (SSSR count). The smallest absolute Gasteiger partial charge is 0.298 e. The highest BCUT2D eigenvalue weighted by molar-refractivity contribution is 5.75. The third-order valence-electron chi connectivity index (χ3n) is 4.92. The second kappa shape index (κ2) is 7.25. The molecule has 1 N–H and O–H groups in total. The van der Waals surface area contributed by atoms with E-state index in [2.05, 4.69) is 9.88 Å². The number of piperazine rings is 1. The lowest BCUT2D eigenvalue weighted by atomic mass is 10.1. The molecular formula is C20H21F2N3O2. The first-order valence-electron chi connectivity index (χ1n) is 8.97. The molecule has 1 atom stereocenters. The maximum Gasteiger partial charge on any atom is 0.298 e. The minimum Gasteiger partial charge on any atom is -0.423 e.